The average molecular weight is 1030 g/mol. The first-order chi connectivity index (χ1) is 35.5. The van der Waals surface area contributed by atoms with Crippen LogP contribution in [0.4, 0.5) is 4.79 Å². The van der Waals surface area contributed by atoms with Gasteiger partial charge in [0.05, 0.1) is 19.8 Å². The van der Waals surface area contributed by atoms with Gasteiger partial charge in [-0.25, -0.2) is 4.79 Å². The van der Waals surface area contributed by atoms with Crippen molar-refractivity contribution in [3.63, 3.8) is 0 Å². The smallest absolute Gasteiger partial charge is 0.465 e. The van der Waals surface area contributed by atoms with E-state index in [2.05, 4.69) is 56.9 Å². The minimum atomic E-state index is -1.40. The topological polar surface area (TPSA) is 170 Å². The van der Waals surface area contributed by atoms with Gasteiger partial charge < -0.3 is 38.1 Å². The fourth-order valence-electron chi connectivity index (χ4n) is 10.9. The van der Waals surface area contributed by atoms with Gasteiger partial charge in [-0.05, 0) is 145 Å². The molecule has 14 heteroatoms. The van der Waals surface area contributed by atoms with Crippen LogP contribution in [-0.4, -0.2) is 107 Å². The summed E-state index contributed by atoms with van der Waals surface area (Å²) in [5.74, 6) is 1.05. The van der Waals surface area contributed by atoms with E-state index in [0.717, 1.165) is 57.2 Å². The van der Waals surface area contributed by atoms with Crippen molar-refractivity contribution in [3.8, 4) is 0 Å². The van der Waals surface area contributed by atoms with Gasteiger partial charge in [-0.2, -0.15) is 0 Å². The monoisotopic (exact) mass is 1030 g/mol. The molecule has 0 aromatic carbocycles. The first-order valence-corrected chi connectivity index (χ1v) is 29.1. The molecule has 4 bridgehead atoms. The van der Waals surface area contributed by atoms with Crippen LogP contribution >= 0.6 is 0 Å². The normalized spacial score (nSPS) is 19.1. The molecule has 418 valence electrons. The van der Waals surface area contributed by atoms with Gasteiger partial charge in [0.25, 0.3) is 0 Å². The lowest BCUT2D eigenvalue weighted by molar-refractivity contribution is -0.168. The highest BCUT2D eigenvalue weighted by Crippen LogP contribution is 2.57. The summed E-state index contributed by atoms with van der Waals surface area (Å²) < 4.78 is 39.5. The predicted octanol–water partition coefficient (Wildman–Crippen LogP) is 12.8. The lowest BCUT2D eigenvalue weighted by atomic mass is 9.51. The molecule has 14 nitrogen and oxygen atoms in total. The summed E-state index contributed by atoms with van der Waals surface area (Å²) in [6, 6.07) is 0. The molecule has 4 saturated carbocycles. The van der Waals surface area contributed by atoms with Gasteiger partial charge in [-0.15, -0.1) is 0 Å². The van der Waals surface area contributed by atoms with Gasteiger partial charge >= 0.3 is 36.0 Å². The van der Waals surface area contributed by atoms with Crippen LogP contribution in [0.3, 0.4) is 0 Å². The second kappa shape index (κ2) is 39.5. The maximum atomic E-state index is 13.7. The molecule has 4 aliphatic rings. The summed E-state index contributed by atoms with van der Waals surface area (Å²) in [4.78, 5) is 80.0. The molecule has 0 atom stereocenters. The van der Waals surface area contributed by atoms with Crippen molar-refractivity contribution in [3.05, 3.63) is 24.3 Å². The Balaban J connectivity index is 1.55. The number of hydrogen-bond acceptors (Lipinski definition) is 14. The van der Waals surface area contributed by atoms with Crippen LogP contribution in [-0.2, 0) is 57.1 Å². The predicted molar refractivity (Wildman–Crippen MR) is 283 cm³/mol. The highest BCUT2D eigenvalue weighted by Gasteiger charge is 2.49. The number of nitrogens with zero attached hydrogens (tertiary/aromatic N) is 1. The molecule has 0 heterocycles. The van der Waals surface area contributed by atoms with Crippen LogP contribution in [0.2, 0.25) is 0 Å². The fraction of sp³-hybridized carbons (Fsp3) is 0.831. The zero-order valence-electron chi connectivity index (χ0n) is 46.0. The summed E-state index contributed by atoms with van der Waals surface area (Å²) in [5.41, 5.74) is -1.40. The molecule has 0 aliphatic heterocycles. The molecule has 4 rings (SSSR count). The number of carbonyl (C=O) groups is 6. The molecule has 4 fully saturated rings. The second-order valence-corrected chi connectivity index (χ2v) is 21.3. The molecule has 4 aliphatic carbocycles. The van der Waals surface area contributed by atoms with Gasteiger partial charge in [-0.1, -0.05) is 103 Å². The molecule has 73 heavy (non-hydrogen) atoms. The van der Waals surface area contributed by atoms with Crippen LogP contribution in [0.15, 0.2) is 24.3 Å². The molecule has 0 spiro atoms. The van der Waals surface area contributed by atoms with Crippen LogP contribution in [0, 0.1) is 35.0 Å². The van der Waals surface area contributed by atoms with Gasteiger partial charge in [0, 0.05) is 38.6 Å². The first kappa shape index (κ1) is 63.4. The molecule has 0 unspecified atom stereocenters. The van der Waals surface area contributed by atoms with Crippen molar-refractivity contribution in [2.45, 2.75) is 214 Å². The van der Waals surface area contributed by atoms with Gasteiger partial charge in [-0.3, -0.25) is 24.0 Å². The third-order valence-corrected chi connectivity index (χ3v) is 15.1. The largest absolute Gasteiger partial charge is 0.508 e. The van der Waals surface area contributed by atoms with E-state index in [1.165, 1.54) is 70.6 Å². The van der Waals surface area contributed by atoms with E-state index in [1.54, 1.807) is 0 Å². The molecular formula is C59H99NO13. The molecule has 0 aromatic heterocycles. The fourth-order valence-corrected chi connectivity index (χ4v) is 10.9. The van der Waals surface area contributed by atoms with Crippen molar-refractivity contribution < 1.29 is 61.9 Å². The molecule has 0 saturated heterocycles. The van der Waals surface area contributed by atoms with Crippen LogP contribution in [0.5, 0.6) is 0 Å². The SMILES string of the molecule is CCCCC/C=C\CCOC(=O)CCCCCCC(=O)OCC(COC(=O)CCCCCCC(=O)OCC/C=C\CCCCC)(COC(=O)CC1C2CC3CC(C2)CC1C3)COC(=O)OCCCN(CC)CC. The van der Waals surface area contributed by atoms with Crippen LogP contribution < -0.4 is 0 Å². The molecule has 0 radical (unpaired) electrons. The van der Waals surface area contributed by atoms with Crippen molar-refractivity contribution in [1.29, 1.82) is 0 Å². The number of hydrogen-bond donors (Lipinski definition) is 0. The Morgan fingerprint density at radius 2 is 0.836 bits per heavy atom. The molecule has 0 aromatic rings. The highest BCUT2D eigenvalue weighted by atomic mass is 16.7. The van der Waals surface area contributed by atoms with E-state index >= 15 is 0 Å². The van der Waals surface area contributed by atoms with E-state index in [9.17, 15) is 28.8 Å². The summed E-state index contributed by atoms with van der Waals surface area (Å²) in [6.45, 7) is 10.6. The van der Waals surface area contributed by atoms with Gasteiger partial charge in [0.2, 0.25) is 0 Å². The number of allylic oxidation sites excluding steroid dienone is 2. The average Bonchev–Trinajstić information content (AvgIpc) is 3.38. The number of unbranched alkanes of at least 4 members (excludes halogenated alkanes) is 12. The summed E-state index contributed by atoms with van der Waals surface area (Å²) in [6.07, 6.45) is 31.2. The van der Waals surface area contributed by atoms with E-state index in [1.807, 2.05) is 0 Å². The third-order valence-electron chi connectivity index (χ3n) is 15.1. The highest BCUT2D eigenvalue weighted by molar-refractivity contribution is 5.71. The Morgan fingerprint density at radius 3 is 1.27 bits per heavy atom. The summed E-state index contributed by atoms with van der Waals surface area (Å²) >= 11 is 0. The zero-order chi connectivity index (χ0) is 52.8. The van der Waals surface area contributed by atoms with Crippen molar-refractivity contribution in [2.75, 3.05) is 65.9 Å². The van der Waals surface area contributed by atoms with Crippen molar-refractivity contribution in [1.82, 2.24) is 4.90 Å². The standard InChI is InChI=1S/C59H99NO13/c1-5-9-11-13-15-21-27-35-67-53(61)30-23-17-19-25-32-55(63)70-44-59(47-73-58(66)69-37-29-34-60(7-3)8-4,46-72-57(65)43-52-50-39-48-38-49(41-50)42-51(52)40-48)45-71-56(64)33-26-20-18-24-31-54(62)68-36-28-22-16-14-12-10-6-2/h15-16,21-22,48-52H,5-14,17-20,23-47H2,1-4H3/b21-15-,22-16-. The first-order valence-electron chi connectivity index (χ1n) is 29.1. The van der Waals surface area contributed by atoms with Crippen molar-refractivity contribution >= 4 is 36.0 Å². The van der Waals surface area contributed by atoms with E-state index in [4.69, 9.17) is 33.2 Å². The van der Waals surface area contributed by atoms with Crippen molar-refractivity contribution in [2.24, 2.45) is 35.0 Å². The Bertz CT molecular complexity index is 1510. The van der Waals surface area contributed by atoms with Crippen LogP contribution in [0.1, 0.15) is 214 Å². The number of ether oxygens (including phenoxy) is 7. The van der Waals surface area contributed by atoms with Crippen LogP contribution in [0.25, 0.3) is 0 Å². The minimum absolute atomic E-state index is 0.112. The lowest BCUT2D eigenvalue weighted by Crippen LogP contribution is -2.46. The maximum absolute atomic E-state index is 13.7. The molecule has 0 amide bonds. The zero-order valence-corrected chi connectivity index (χ0v) is 46.0. The second-order valence-electron chi connectivity index (χ2n) is 21.3. The Morgan fingerprint density at radius 1 is 0.425 bits per heavy atom. The van der Waals surface area contributed by atoms with E-state index in [0.29, 0.717) is 102 Å². The number of esters is 5. The minimum Gasteiger partial charge on any atom is -0.465 e. The van der Waals surface area contributed by atoms with E-state index < -0.39 is 23.5 Å². The molecule has 0 N–H and O–H groups in total. The Hall–Kier alpha value is -3.94. The Kier molecular flexibility index (Phi) is 34.3. The maximum Gasteiger partial charge on any atom is 0.508 e. The quantitative estimate of drug-likeness (QED) is 0.0244. The number of rotatable bonds is 44. The summed E-state index contributed by atoms with van der Waals surface area (Å²) in [5, 5.41) is 0. The summed E-state index contributed by atoms with van der Waals surface area (Å²) in [7, 11) is 0. The van der Waals surface area contributed by atoms with E-state index in [-0.39, 0.29) is 69.7 Å². The molecular weight excluding hydrogens is 931 g/mol. The Labute approximate surface area is 440 Å². The third kappa shape index (κ3) is 29.1. The van der Waals surface area contributed by atoms with Gasteiger partial charge in [0.1, 0.15) is 31.8 Å². The number of carbonyl (C=O) groups excluding carboxylic acids is 6. The van der Waals surface area contributed by atoms with Gasteiger partial charge in [0.15, 0.2) is 0 Å². The lowest BCUT2D eigenvalue weighted by Gasteiger charge is -2.54.